The highest BCUT2D eigenvalue weighted by Crippen LogP contribution is 2.04. The van der Waals surface area contributed by atoms with Gasteiger partial charge in [0.15, 0.2) is 12.4 Å². The first-order valence-corrected chi connectivity index (χ1v) is 10.5. The van der Waals surface area contributed by atoms with E-state index in [2.05, 4.69) is 10.3 Å². The molecular formula is C21H20BrN3O4S. The topological polar surface area (TPSA) is 96.2 Å². The van der Waals surface area contributed by atoms with E-state index in [1.165, 1.54) is 12.3 Å². The van der Waals surface area contributed by atoms with Gasteiger partial charge in [-0.25, -0.2) is 8.42 Å². The van der Waals surface area contributed by atoms with Crippen molar-refractivity contribution in [3.63, 3.8) is 0 Å². The fourth-order valence-electron chi connectivity index (χ4n) is 2.66. The number of hydrogen-bond donors (Lipinski definition) is 2. The van der Waals surface area contributed by atoms with Crippen LogP contribution < -0.4 is 31.8 Å². The van der Waals surface area contributed by atoms with Crippen LogP contribution in [0.25, 0.3) is 0 Å². The molecule has 0 saturated carbocycles. The second kappa shape index (κ2) is 10.8. The summed E-state index contributed by atoms with van der Waals surface area (Å²) >= 11 is 0. The fourth-order valence-corrected chi connectivity index (χ4v) is 3.61. The number of benzene rings is 2. The van der Waals surface area contributed by atoms with Gasteiger partial charge in [0, 0.05) is 11.6 Å². The number of carbonyl (C=O) groups excluding carboxylic acids is 2. The van der Waals surface area contributed by atoms with Crippen LogP contribution in [-0.4, -0.2) is 20.1 Å². The van der Waals surface area contributed by atoms with Crippen molar-refractivity contribution in [2.45, 2.75) is 12.3 Å². The van der Waals surface area contributed by atoms with E-state index >= 15 is 0 Å². The number of amides is 1. The number of sulfonamides is 1. The van der Waals surface area contributed by atoms with Crippen LogP contribution in [0.5, 0.6) is 0 Å². The summed E-state index contributed by atoms with van der Waals surface area (Å²) in [6.45, 7) is 0.0604. The van der Waals surface area contributed by atoms with Gasteiger partial charge in [0.25, 0.3) is 5.91 Å². The Morgan fingerprint density at radius 3 is 2.10 bits per heavy atom. The third kappa shape index (κ3) is 6.87. The van der Waals surface area contributed by atoms with Crippen LogP contribution in [-0.2, 0) is 22.3 Å². The second-order valence-corrected chi connectivity index (χ2v) is 8.08. The van der Waals surface area contributed by atoms with Crippen LogP contribution in [0.4, 0.5) is 0 Å². The van der Waals surface area contributed by atoms with E-state index in [1.54, 1.807) is 71.4 Å². The second-order valence-electron chi connectivity index (χ2n) is 6.36. The van der Waals surface area contributed by atoms with E-state index in [9.17, 15) is 18.0 Å². The normalized spacial score (nSPS) is 10.7. The Morgan fingerprint density at radius 2 is 1.43 bits per heavy atom. The van der Waals surface area contributed by atoms with Gasteiger partial charge in [-0.15, -0.1) is 4.83 Å². The third-order valence-corrected chi connectivity index (χ3v) is 5.19. The van der Waals surface area contributed by atoms with Crippen LogP contribution in [0.3, 0.4) is 0 Å². The van der Waals surface area contributed by atoms with Crippen LogP contribution in [0.15, 0.2) is 85.2 Å². The molecule has 30 heavy (non-hydrogen) atoms. The molecule has 3 rings (SSSR count). The monoisotopic (exact) mass is 489 g/mol. The molecule has 3 aromatic rings. The number of nitrogens with zero attached hydrogens (tertiary/aromatic N) is 1. The number of halogens is 1. The van der Waals surface area contributed by atoms with E-state index in [0.717, 1.165) is 0 Å². The molecule has 0 bridgehead atoms. The Kier molecular flexibility index (Phi) is 8.40. The van der Waals surface area contributed by atoms with Crippen molar-refractivity contribution < 1.29 is 39.6 Å². The number of rotatable bonds is 8. The lowest BCUT2D eigenvalue weighted by molar-refractivity contribution is -0.683. The van der Waals surface area contributed by atoms with Gasteiger partial charge < -0.3 is 17.0 Å². The van der Waals surface area contributed by atoms with Gasteiger partial charge in [-0.1, -0.05) is 60.7 Å². The summed E-state index contributed by atoms with van der Waals surface area (Å²) in [6, 6.07) is 20.6. The largest absolute Gasteiger partial charge is 1.00 e. The predicted octanol–water partition coefficient (Wildman–Crippen LogP) is -1.37. The molecule has 0 saturated heterocycles. The number of nitrogens with one attached hydrogen (secondary N) is 2. The van der Waals surface area contributed by atoms with Crippen LogP contribution in [0.1, 0.15) is 26.3 Å². The predicted molar refractivity (Wildman–Crippen MR) is 107 cm³/mol. The molecule has 1 amide bonds. The maximum Gasteiger partial charge on any atom is 0.272 e. The summed E-state index contributed by atoms with van der Waals surface area (Å²) in [5, 5.41) is 0. The minimum absolute atomic E-state index is 0. The molecule has 0 aliphatic rings. The molecule has 0 unspecified atom stereocenters. The Hall–Kier alpha value is -2.88. The Labute approximate surface area is 185 Å². The summed E-state index contributed by atoms with van der Waals surface area (Å²) in [5.74, 6) is -0.978. The van der Waals surface area contributed by atoms with Crippen molar-refractivity contribution in [3.05, 3.63) is 102 Å². The quantitative estimate of drug-likeness (QED) is 0.231. The summed E-state index contributed by atoms with van der Waals surface area (Å²) in [6.07, 6.45) is 3.15. The minimum Gasteiger partial charge on any atom is -1.00 e. The van der Waals surface area contributed by atoms with Gasteiger partial charge in [0.2, 0.25) is 22.4 Å². The van der Waals surface area contributed by atoms with Crippen LogP contribution in [0, 0.1) is 0 Å². The number of carbonyl (C=O) groups is 2. The first-order chi connectivity index (χ1) is 13.9. The summed E-state index contributed by atoms with van der Waals surface area (Å²) in [5.41, 5.74) is 3.59. The van der Waals surface area contributed by atoms with E-state index < -0.39 is 15.9 Å². The van der Waals surface area contributed by atoms with E-state index in [1.807, 2.05) is 6.07 Å². The van der Waals surface area contributed by atoms with E-state index in [4.69, 9.17) is 0 Å². The van der Waals surface area contributed by atoms with Crippen molar-refractivity contribution in [3.8, 4) is 0 Å². The molecule has 0 spiro atoms. The van der Waals surface area contributed by atoms with Crippen LogP contribution >= 0.6 is 0 Å². The maximum absolute atomic E-state index is 12.3. The van der Waals surface area contributed by atoms with E-state index in [-0.39, 0.29) is 40.6 Å². The molecule has 0 aliphatic heterocycles. The number of ketones is 1. The molecule has 2 N–H and O–H groups in total. The number of Topliss-reactive ketones (excluding diaryl/α,β-unsaturated/α-hetero) is 1. The molecule has 2 aromatic carbocycles. The fraction of sp³-hybridized carbons (Fsp3) is 0.0952. The molecular weight excluding hydrogens is 470 g/mol. The first-order valence-electron chi connectivity index (χ1n) is 8.84. The van der Waals surface area contributed by atoms with Gasteiger partial charge in [-0.2, -0.15) is 4.57 Å². The highest BCUT2D eigenvalue weighted by Gasteiger charge is 2.17. The smallest absolute Gasteiger partial charge is 0.272 e. The lowest BCUT2D eigenvalue weighted by atomic mass is 10.1. The van der Waals surface area contributed by atoms with Crippen molar-refractivity contribution in [2.75, 3.05) is 0 Å². The number of aromatic nitrogens is 1. The summed E-state index contributed by atoms with van der Waals surface area (Å²) < 4.78 is 25.8. The standard InChI is InChI=1S/C21H19N3O4S.BrH/c25-20(18-10-5-2-6-11-18)15-24-13-7-12-19(14-24)21(26)22-23-29(27,28)16-17-8-3-1-4-9-17;/h1-14,23H,15-16H2;1H. The van der Waals surface area contributed by atoms with Crippen molar-refractivity contribution in [2.24, 2.45) is 0 Å². The van der Waals surface area contributed by atoms with Gasteiger partial charge in [-0.3, -0.25) is 15.0 Å². The first kappa shape index (κ1) is 23.4. The molecule has 7 nitrogen and oxygen atoms in total. The zero-order valence-electron chi connectivity index (χ0n) is 15.9. The molecule has 1 aromatic heterocycles. The zero-order valence-corrected chi connectivity index (χ0v) is 18.3. The highest BCUT2D eigenvalue weighted by atomic mass is 79.9. The maximum atomic E-state index is 12.3. The van der Waals surface area contributed by atoms with Gasteiger partial charge in [0.1, 0.15) is 5.56 Å². The minimum atomic E-state index is -3.75. The zero-order chi connectivity index (χ0) is 20.7. The Morgan fingerprint density at radius 1 is 0.833 bits per heavy atom. The van der Waals surface area contributed by atoms with Crippen molar-refractivity contribution >= 4 is 21.7 Å². The molecule has 0 aliphatic carbocycles. The van der Waals surface area contributed by atoms with Crippen molar-refractivity contribution in [1.29, 1.82) is 0 Å². The number of pyridine rings is 1. The lowest BCUT2D eigenvalue weighted by Crippen LogP contribution is -3.00. The third-order valence-electron chi connectivity index (χ3n) is 4.06. The van der Waals surface area contributed by atoms with Crippen molar-refractivity contribution in [1.82, 2.24) is 10.3 Å². The van der Waals surface area contributed by atoms with Gasteiger partial charge in [0.05, 0.1) is 5.75 Å². The Bertz CT molecular complexity index is 1110. The average Bonchev–Trinajstić information content (AvgIpc) is 2.73. The molecule has 1 heterocycles. The lowest BCUT2D eigenvalue weighted by Gasteiger charge is -2.08. The molecule has 9 heteroatoms. The number of hydrogen-bond acceptors (Lipinski definition) is 4. The van der Waals surface area contributed by atoms with Gasteiger partial charge in [-0.05, 0) is 11.6 Å². The SMILES string of the molecule is O=C(C[n+]1cccc(C(=O)NNS(=O)(=O)Cc2ccccc2)c1)c1ccccc1.[Br-]. The van der Waals surface area contributed by atoms with Crippen LogP contribution in [0.2, 0.25) is 0 Å². The molecule has 0 atom stereocenters. The van der Waals surface area contributed by atoms with E-state index in [0.29, 0.717) is 11.1 Å². The summed E-state index contributed by atoms with van der Waals surface area (Å²) in [7, 11) is -3.75. The molecule has 0 radical (unpaired) electrons. The van der Waals surface area contributed by atoms with Gasteiger partial charge >= 0.3 is 0 Å². The highest BCUT2D eigenvalue weighted by molar-refractivity contribution is 7.88. The number of hydrazine groups is 1. The Balaban J connectivity index is 0.00000320. The average molecular weight is 490 g/mol. The molecule has 156 valence electrons. The summed E-state index contributed by atoms with van der Waals surface area (Å²) in [4.78, 5) is 26.7. The molecule has 0 fully saturated rings.